The van der Waals surface area contributed by atoms with E-state index in [0.717, 1.165) is 24.1 Å². The summed E-state index contributed by atoms with van der Waals surface area (Å²) in [6, 6.07) is 8.32. The number of nitrogens with zero attached hydrogens (tertiary/aromatic N) is 1. The van der Waals surface area contributed by atoms with E-state index in [2.05, 4.69) is 45.2 Å². The quantitative estimate of drug-likeness (QED) is 0.670. The highest BCUT2D eigenvalue weighted by atomic mass is 16.5. The SMILES string of the molecule is COC(=O)/C=C/C1=CN(CCc2c[nH]c3ccccc23)[C@H](C)O[C@H]1C. The molecule has 0 unspecified atom stereocenters. The van der Waals surface area contributed by atoms with Gasteiger partial charge in [0.25, 0.3) is 0 Å². The summed E-state index contributed by atoms with van der Waals surface area (Å²) in [7, 11) is 1.37. The maximum atomic E-state index is 11.3. The molecular formula is C20H24N2O3. The van der Waals surface area contributed by atoms with E-state index in [1.807, 2.05) is 19.9 Å². The van der Waals surface area contributed by atoms with Crippen LogP contribution in [0.25, 0.3) is 10.9 Å². The first-order valence-electron chi connectivity index (χ1n) is 8.52. The zero-order valence-corrected chi connectivity index (χ0v) is 14.9. The molecule has 1 N–H and O–H groups in total. The number of carbonyl (C=O) groups is 1. The third kappa shape index (κ3) is 3.94. The summed E-state index contributed by atoms with van der Waals surface area (Å²) < 4.78 is 10.6. The zero-order chi connectivity index (χ0) is 17.8. The Labute approximate surface area is 147 Å². The van der Waals surface area contributed by atoms with Crippen LogP contribution in [-0.2, 0) is 20.7 Å². The van der Waals surface area contributed by atoms with Crippen LogP contribution in [0.4, 0.5) is 0 Å². The third-order valence-electron chi connectivity index (χ3n) is 4.58. The van der Waals surface area contributed by atoms with Crippen LogP contribution in [0, 0.1) is 0 Å². The lowest BCUT2D eigenvalue weighted by Gasteiger charge is -2.36. The van der Waals surface area contributed by atoms with Crippen LogP contribution in [0.1, 0.15) is 19.4 Å². The van der Waals surface area contributed by atoms with E-state index in [-0.39, 0.29) is 18.3 Å². The Morgan fingerprint density at radius 2 is 2.16 bits per heavy atom. The molecule has 5 heteroatoms. The molecule has 0 fully saturated rings. The Kier molecular flexibility index (Phi) is 5.24. The maximum absolute atomic E-state index is 11.3. The number of methoxy groups -OCH3 is 1. The highest BCUT2D eigenvalue weighted by Crippen LogP contribution is 2.23. The Balaban J connectivity index is 1.72. The van der Waals surface area contributed by atoms with E-state index < -0.39 is 0 Å². The molecule has 2 heterocycles. The summed E-state index contributed by atoms with van der Waals surface area (Å²) in [6.45, 7) is 4.87. The molecule has 3 rings (SSSR count). The van der Waals surface area contributed by atoms with E-state index in [1.165, 1.54) is 24.1 Å². The number of ether oxygens (including phenoxy) is 2. The average molecular weight is 340 g/mol. The number of rotatable bonds is 5. The smallest absolute Gasteiger partial charge is 0.330 e. The third-order valence-corrected chi connectivity index (χ3v) is 4.58. The highest BCUT2D eigenvalue weighted by Gasteiger charge is 2.22. The average Bonchev–Trinajstić information content (AvgIpc) is 3.03. The summed E-state index contributed by atoms with van der Waals surface area (Å²) in [4.78, 5) is 16.8. The number of aromatic nitrogens is 1. The highest BCUT2D eigenvalue weighted by molar-refractivity contribution is 5.83. The Morgan fingerprint density at radius 1 is 1.36 bits per heavy atom. The minimum Gasteiger partial charge on any atom is -0.466 e. The van der Waals surface area contributed by atoms with Gasteiger partial charge in [0.2, 0.25) is 0 Å². The van der Waals surface area contributed by atoms with E-state index in [4.69, 9.17) is 4.74 Å². The van der Waals surface area contributed by atoms with Crippen LogP contribution in [-0.4, -0.2) is 41.8 Å². The van der Waals surface area contributed by atoms with Gasteiger partial charge in [-0.05, 0) is 43.5 Å². The molecular weight excluding hydrogens is 316 g/mol. The molecule has 25 heavy (non-hydrogen) atoms. The maximum Gasteiger partial charge on any atom is 0.330 e. The summed E-state index contributed by atoms with van der Waals surface area (Å²) in [5.41, 5.74) is 3.41. The van der Waals surface area contributed by atoms with Crippen LogP contribution < -0.4 is 0 Å². The van der Waals surface area contributed by atoms with Crippen molar-refractivity contribution < 1.29 is 14.3 Å². The van der Waals surface area contributed by atoms with E-state index in [9.17, 15) is 4.79 Å². The second kappa shape index (κ2) is 7.57. The fourth-order valence-electron chi connectivity index (χ4n) is 3.10. The number of hydrogen-bond donors (Lipinski definition) is 1. The lowest BCUT2D eigenvalue weighted by Crippen LogP contribution is -2.39. The van der Waals surface area contributed by atoms with E-state index in [0.29, 0.717) is 0 Å². The number of nitrogens with one attached hydrogen (secondary N) is 1. The molecule has 2 atom stereocenters. The zero-order valence-electron chi connectivity index (χ0n) is 14.9. The van der Waals surface area contributed by atoms with Gasteiger partial charge in [-0.3, -0.25) is 0 Å². The number of carbonyl (C=O) groups excluding carboxylic acids is 1. The molecule has 0 bridgehead atoms. The molecule has 0 amide bonds. The predicted molar refractivity (Wildman–Crippen MR) is 98.0 cm³/mol. The number of fused-ring (bicyclic) bond motifs is 1. The lowest BCUT2D eigenvalue weighted by atomic mass is 10.1. The van der Waals surface area contributed by atoms with Gasteiger partial charge in [0.1, 0.15) is 6.23 Å². The van der Waals surface area contributed by atoms with Crippen LogP contribution in [0.15, 0.2) is 54.4 Å². The van der Waals surface area contributed by atoms with Gasteiger partial charge in [0.15, 0.2) is 0 Å². The standard InChI is InChI=1S/C20H24N2O3/c1-14-17(8-9-20(23)24-3)13-22(15(2)25-14)11-10-16-12-21-19-7-5-4-6-18(16)19/h4-9,12-15,21H,10-11H2,1-3H3/b9-8+/t14-,15-/m0/s1. The van der Waals surface area contributed by atoms with Crippen molar-refractivity contribution in [2.45, 2.75) is 32.6 Å². The van der Waals surface area contributed by atoms with Crippen molar-refractivity contribution in [3.63, 3.8) is 0 Å². The van der Waals surface area contributed by atoms with Crippen LogP contribution in [0.2, 0.25) is 0 Å². The molecule has 2 aromatic rings. The second-order valence-corrected chi connectivity index (χ2v) is 6.21. The second-order valence-electron chi connectivity index (χ2n) is 6.21. The van der Waals surface area contributed by atoms with Crippen molar-refractivity contribution in [1.29, 1.82) is 0 Å². The molecule has 0 saturated heterocycles. The number of H-pyrrole nitrogens is 1. The van der Waals surface area contributed by atoms with Gasteiger partial charge >= 0.3 is 5.97 Å². The number of para-hydroxylation sites is 1. The summed E-state index contributed by atoms with van der Waals surface area (Å²) >= 11 is 0. The molecule has 1 aromatic carbocycles. The van der Waals surface area contributed by atoms with Crippen LogP contribution in [0.5, 0.6) is 0 Å². The van der Waals surface area contributed by atoms with E-state index in [1.54, 1.807) is 6.08 Å². The van der Waals surface area contributed by atoms with Crippen molar-refractivity contribution in [2.24, 2.45) is 0 Å². The number of hydrogen-bond acceptors (Lipinski definition) is 4. The van der Waals surface area contributed by atoms with Gasteiger partial charge in [-0.25, -0.2) is 4.79 Å². The predicted octanol–water partition coefficient (Wildman–Crippen LogP) is 3.39. The minimum atomic E-state index is -0.364. The Bertz CT molecular complexity index is 806. The van der Waals surface area contributed by atoms with Crippen molar-refractivity contribution in [3.8, 4) is 0 Å². The van der Waals surface area contributed by atoms with Crippen LogP contribution >= 0.6 is 0 Å². The summed E-state index contributed by atoms with van der Waals surface area (Å²) in [6.07, 6.45) is 8.20. The molecule has 1 aliphatic rings. The van der Waals surface area contributed by atoms with Crippen LogP contribution in [0.3, 0.4) is 0 Å². The van der Waals surface area contributed by atoms with Gasteiger partial charge in [0, 0.05) is 35.9 Å². The van der Waals surface area contributed by atoms with Gasteiger partial charge < -0.3 is 19.4 Å². The van der Waals surface area contributed by atoms with Crippen molar-refractivity contribution in [3.05, 3.63) is 60.0 Å². The topological polar surface area (TPSA) is 54.6 Å². The molecule has 0 saturated carbocycles. The first-order valence-corrected chi connectivity index (χ1v) is 8.52. The molecule has 1 aromatic heterocycles. The number of esters is 1. The molecule has 0 aliphatic carbocycles. The van der Waals surface area contributed by atoms with E-state index >= 15 is 0 Å². The van der Waals surface area contributed by atoms with Gasteiger partial charge in [-0.1, -0.05) is 18.2 Å². The van der Waals surface area contributed by atoms with Crippen molar-refractivity contribution >= 4 is 16.9 Å². The fraction of sp³-hybridized carbons (Fsp3) is 0.350. The Morgan fingerprint density at radius 3 is 2.96 bits per heavy atom. The molecule has 0 spiro atoms. The molecule has 5 nitrogen and oxygen atoms in total. The monoisotopic (exact) mass is 340 g/mol. The van der Waals surface area contributed by atoms with Gasteiger partial charge in [0.05, 0.1) is 13.2 Å². The number of benzene rings is 1. The molecule has 1 aliphatic heterocycles. The summed E-state index contributed by atoms with van der Waals surface area (Å²) in [5.74, 6) is -0.364. The molecule has 0 radical (unpaired) electrons. The normalized spacial score (nSPS) is 20.9. The lowest BCUT2D eigenvalue weighted by molar-refractivity contribution is -0.134. The number of aromatic amines is 1. The summed E-state index contributed by atoms with van der Waals surface area (Å²) in [5, 5.41) is 1.26. The minimum absolute atomic E-state index is 0.00418. The van der Waals surface area contributed by atoms with Gasteiger partial charge in [-0.15, -0.1) is 0 Å². The first-order chi connectivity index (χ1) is 12.1. The largest absolute Gasteiger partial charge is 0.466 e. The Hall–Kier alpha value is -2.53. The van der Waals surface area contributed by atoms with Gasteiger partial charge in [-0.2, -0.15) is 0 Å². The van der Waals surface area contributed by atoms with Crippen molar-refractivity contribution in [2.75, 3.05) is 13.7 Å². The first kappa shape index (κ1) is 17.3. The van der Waals surface area contributed by atoms with Crippen molar-refractivity contribution in [1.82, 2.24) is 9.88 Å². The fourth-order valence-corrected chi connectivity index (χ4v) is 3.10. The molecule has 132 valence electrons.